The molecule has 3 rings (SSSR count). The van der Waals surface area contributed by atoms with Crippen molar-refractivity contribution in [3.8, 4) is 6.07 Å². The van der Waals surface area contributed by atoms with E-state index in [4.69, 9.17) is 5.73 Å². The minimum Gasteiger partial charge on any atom is -0.397 e. The smallest absolute Gasteiger partial charge is 0.207 e. The molecule has 136 valence electrons. The molecule has 2 N–H and O–H groups in total. The Morgan fingerprint density at radius 2 is 1.85 bits per heavy atom. The van der Waals surface area contributed by atoms with Crippen LogP contribution < -0.4 is 5.73 Å². The van der Waals surface area contributed by atoms with Crippen molar-refractivity contribution in [2.75, 3.05) is 12.0 Å². The second-order valence-electron chi connectivity index (χ2n) is 5.99. The second kappa shape index (κ2) is 7.10. The van der Waals surface area contributed by atoms with E-state index >= 15 is 0 Å². The van der Waals surface area contributed by atoms with Crippen LogP contribution in [0.15, 0.2) is 17.2 Å². The van der Waals surface area contributed by atoms with E-state index in [2.05, 4.69) is 16.0 Å². The molecule has 0 atom stereocenters. The van der Waals surface area contributed by atoms with Crippen LogP contribution in [0.3, 0.4) is 0 Å². The van der Waals surface area contributed by atoms with Gasteiger partial charge in [-0.3, -0.25) is 9.59 Å². The van der Waals surface area contributed by atoms with Gasteiger partial charge in [0.1, 0.15) is 20.8 Å². The van der Waals surface area contributed by atoms with Crippen LogP contribution >= 0.6 is 23.1 Å². The van der Waals surface area contributed by atoms with Crippen molar-refractivity contribution < 1.29 is 9.59 Å². The highest BCUT2D eigenvalue weighted by atomic mass is 32.2. The van der Waals surface area contributed by atoms with Crippen LogP contribution in [0, 0.1) is 25.2 Å². The zero-order valence-electron chi connectivity index (χ0n) is 15.2. The molecule has 0 aromatic carbocycles. The summed E-state index contributed by atoms with van der Waals surface area (Å²) >= 11 is 2.54. The molecule has 0 aliphatic carbocycles. The summed E-state index contributed by atoms with van der Waals surface area (Å²) in [6.45, 7) is 4.95. The van der Waals surface area contributed by atoms with Gasteiger partial charge in [-0.2, -0.15) is 5.26 Å². The first-order valence-corrected chi connectivity index (χ1v) is 10.0. The van der Waals surface area contributed by atoms with Gasteiger partial charge in [0.05, 0.1) is 11.3 Å². The first-order valence-electron chi connectivity index (χ1n) is 7.99. The summed E-state index contributed by atoms with van der Waals surface area (Å²) in [7, 11) is 0. The van der Waals surface area contributed by atoms with Gasteiger partial charge in [0.25, 0.3) is 0 Å². The molecule has 0 spiro atoms. The number of hydrogen-bond donors (Lipinski definition) is 1. The molecule has 0 unspecified atom stereocenters. The maximum absolute atomic E-state index is 13.1. The van der Waals surface area contributed by atoms with E-state index in [0.717, 1.165) is 0 Å². The van der Waals surface area contributed by atoms with Crippen LogP contribution in [-0.4, -0.2) is 27.8 Å². The molecule has 0 saturated carbocycles. The number of aromatic nitrogens is 2. The number of thiophene rings is 1. The van der Waals surface area contributed by atoms with Crippen molar-refractivity contribution in [1.29, 1.82) is 5.26 Å². The molecule has 8 heteroatoms. The maximum Gasteiger partial charge on any atom is 0.207 e. The number of hydrogen-bond acceptors (Lipinski definition) is 8. The summed E-state index contributed by atoms with van der Waals surface area (Å²) in [5.74, 6) is -0.404. The highest BCUT2D eigenvalue weighted by Crippen LogP contribution is 2.36. The first-order chi connectivity index (χ1) is 12.8. The SMILES string of the molecule is CSc1nc(C)c(C(=O)c2sc3nc(C)c(C(C)=O)cc3c2N)cc1C#N. The van der Waals surface area contributed by atoms with Gasteiger partial charge >= 0.3 is 0 Å². The van der Waals surface area contributed by atoms with Gasteiger partial charge in [0.2, 0.25) is 5.78 Å². The fourth-order valence-corrected chi connectivity index (χ4v) is 4.45. The van der Waals surface area contributed by atoms with Crippen molar-refractivity contribution in [1.82, 2.24) is 9.97 Å². The number of aryl methyl sites for hydroxylation is 2. The molecule has 3 heterocycles. The number of nitriles is 1. The minimum absolute atomic E-state index is 0.105. The van der Waals surface area contributed by atoms with Crippen LogP contribution in [0.5, 0.6) is 0 Å². The third-order valence-electron chi connectivity index (χ3n) is 4.23. The van der Waals surface area contributed by atoms with Crippen molar-refractivity contribution in [3.05, 3.63) is 45.1 Å². The second-order valence-corrected chi connectivity index (χ2v) is 7.79. The lowest BCUT2D eigenvalue weighted by Crippen LogP contribution is -2.07. The zero-order chi connectivity index (χ0) is 19.9. The highest BCUT2D eigenvalue weighted by molar-refractivity contribution is 7.98. The third kappa shape index (κ3) is 3.20. The van der Waals surface area contributed by atoms with Crippen LogP contribution in [0.2, 0.25) is 0 Å². The molecule has 6 nitrogen and oxygen atoms in total. The Morgan fingerprint density at radius 1 is 1.19 bits per heavy atom. The average molecular weight is 396 g/mol. The Balaban J connectivity index is 2.19. The molecule has 27 heavy (non-hydrogen) atoms. The summed E-state index contributed by atoms with van der Waals surface area (Å²) in [4.78, 5) is 34.6. The molecule has 0 fully saturated rings. The van der Waals surface area contributed by atoms with Crippen molar-refractivity contribution in [3.63, 3.8) is 0 Å². The number of nitrogens with zero attached hydrogens (tertiary/aromatic N) is 3. The van der Waals surface area contributed by atoms with Crippen molar-refractivity contribution in [2.24, 2.45) is 0 Å². The van der Waals surface area contributed by atoms with Crippen LogP contribution in [0.1, 0.15) is 49.5 Å². The van der Waals surface area contributed by atoms with E-state index in [-0.39, 0.29) is 11.6 Å². The molecule has 0 amide bonds. The van der Waals surface area contributed by atoms with Gasteiger partial charge in [-0.25, -0.2) is 9.97 Å². The number of pyridine rings is 2. The Bertz CT molecular complexity index is 1160. The van der Waals surface area contributed by atoms with E-state index in [1.165, 1.54) is 30.0 Å². The predicted octanol–water partition coefficient (Wildman–Crippen LogP) is 3.92. The van der Waals surface area contributed by atoms with E-state index in [1.807, 2.05) is 6.26 Å². The zero-order valence-corrected chi connectivity index (χ0v) is 16.8. The number of fused-ring (bicyclic) bond motifs is 1. The van der Waals surface area contributed by atoms with Gasteiger partial charge in [0.15, 0.2) is 5.78 Å². The Morgan fingerprint density at radius 3 is 2.44 bits per heavy atom. The number of thioether (sulfide) groups is 1. The van der Waals surface area contributed by atoms with E-state index in [0.29, 0.717) is 53.9 Å². The van der Waals surface area contributed by atoms with Crippen molar-refractivity contribution in [2.45, 2.75) is 25.8 Å². The average Bonchev–Trinajstić information content (AvgIpc) is 2.95. The number of nitrogen functional groups attached to an aromatic ring is 1. The Labute approximate surface area is 164 Å². The van der Waals surface area contributed by atoms with Crippen molar-refractivity contribution >= 4 is 50.6 Å². The standard InChI is InChI=1S/C19H16N4O2S2/c1-8-12(10(3)24)6-14-15(21)17(27-19(14)23-8)16(25)13-5-11(7-20)18(26-4)22-9(13)2/h5-6H,21H2,1-4H3. The monoisotopic (exact) mass is 396 g/mol. The fraction of sp³-hybridized carbons (Fsp3) is 0.211. The molecule has 0 saturated heterocycles. The topological polar surface area (TPSA) is 110 Å². The summed E-state index contributed by atoms with van der Waals surface area (Å²) < 4.78 is 0. The Kier molecular flexibility index (Phi) is 5.00. The molecule has 3 aromatic heterocycles. The lowest BCUT2D eigenvalue weighted by atomic mass is 10.0. The molecular formula is C19H16N4O2S2. The van der Waals surface area contributed by atoms with Gasteiger partial charge in [-0.15, -0.1) is 23.1 Å². The predicted molar refractivity (Wildman–Crippen MR) is 108 cm³/mol. The number of Topliss-reactive ketones (excluding diaryl/α,β-unsaturated/α-hetero) is 1. The number of ketones is 2. The molecule has 0 aliphatic heterocycles. The quantitative estimate of drug-likeness (QED) is 0.526. The lowest BCUT2D eigenvalue weighted by molar-refractivity contribution is 0.101. The normalized spacial score (nSPS) is 10.8. The summed E-state index contributed by atoms with van der Waals surface area (Å²) in [5.41, 5.74) is 8.83. The van der Waals surface area contributed by atoms with Gasteiger partial charge in [0, 0.05) is 27.9 Å². The first kappa shape index (κ1) is 19.0. The maximum atomic E-state index is 13.1. The van der Waals surface area contributed by atoms with E-state index < -0.39 is 0 Å². The number of anilines is 1. The number of carbonyl (C=O) groups is 2. The summed E-state index contributed by atoms with van der Waals surface area (Å²) in [6.07, 6.45) is 1.83. The number of nitrogens with two attached hydrogens (primary N) is 1. The lowest BCUT2D eigenvalue weighted by Gasteiger charge is -2.07. The third-order valence-corrected chi connectivity index (χ3v) is 6.05. The van der Waals surface area contributed by atoms with Crippen LogP contribution in [0.25, 0.3) is 10.2 Å². The molecule has 0 radical (unpaired) electrons. The molecular weight excluding hydrogens is 380 g/mol. The van der Waals surface area contributed by atoms with Crippen LogP contribution in [0.4, 0.5) is 5.69 Å². The Hall–Kier alpha value is -2.76. The van der Waals surface area contributed by atoms with Gasteiger partial charge in [-0.05, 0) is 39.2 Å². The number of rotatable bonds is 4. The minimum atomic E-state index is -0.299. The largest absolute Gasteiger partial charge is 0.397 e. The molecule has 3 aromatic rings. The molecule has 0 bridgehead atoms. The van der Waals surface area contributed by atoms with E-state index in [9.17, 15) is 14.9 Å². The fourth-order valence-electron chi connectivity index (χ4n) is 2.82. The van der Waals surface area contributed by atoms with Gasteiger partial charge in [-0.1, -0.05) is 0 Å². The van der Waals surface area contributed by atoms with Crippen LogP contribution in [-0.2, 0) is 0 Å². The molecule has 0 aliphatic rings. The summed E-state index contributed by atoms with van der Waals surface area (Å²) in [6, 6.07) is 5.32. The summed E-state index contributed by atoms with van der Waals surface area (Å²) in [5, 5.41) is 10.5. The number of carbonyl (C=O) groups excluding carboxylic acids is 2. The van der Waals surface area contributed by atoms with Gasteiger partial charge < -0.3 is 5.73 Å². The highest BCUT2D eigenvalue weighted by Gasteiger charge is 2.23. The van der Waals surface area contributed by atoms with E-state index in [1.54, 1.807) is 26.0 Å².